The van der Waals surface area contributed by atoms with Crippen LogP contribution in [0.1, 0.15) is 37.6 Å². The van der Waals surface area contributed by atoms with E-state index in [9.17, 15) is 19.7 Å². The second-order valence-corrected chi connectivity index (χ2v) is 10.9. The maximum atomic E-state index is 14.1. The van der Waals surface area contributed by atoms with Crippen molar-refractivity contribution in [3.05, 3.63) is 107 Å². The summed E-state index contributed by atoms with van der Waals surface area (Å²) >= 11 is 1.14. The molecule has 5 rings (SSSR count). The van der Waals surface area contributed by atoms with E-state index in [1.807, 2.05) is 25.1 Å². The van der Waals surface area contributed by atoms with Crippen molar-refractivity contribution in [2.45, 2.75) is 26.3 Å². The molecular weight excluding hydrogens is 602 g/mol. The summed E-state index contributed by atoms with van der Waals surface area (Å²) in [5.41, 5.74) is 1.13. The maximum Gasteiger partial charge on any atom is 0.338 e. The predicted molar refractivity (Wildman–Crippen MR) is 166 cm³/mol. The van der Waals surface area contributed by atoms with Crippen molar-refractivity contribution < 1.29 is 33.1 Å². The fraction of sp³-hybridized carbons (Fsp3) is 0.281. The van der Waals surface area contributed by atoms with Crippen LogP contribution in [0.2, 0.25) is 0 Å². The van der Waals surface area contributed by atoms with Crippen LogP contribution in [-0.2, 0) is 14.3 Å². The van der Waals surface area contributed by atoms with Crippen LogP contribution in [0.15, 0.2) is 80.1 Å². The van der Waals surface area contributed by atoms with Crippen LogP contribution < -0.4 is 24.4 Å². The summed E-state index contributed by atoms with van der Waals surface area (Å²) in [6.45, 7) is 4.39. The van der Waals surface area contributed by atoms with Crippen molar-refractivity contribution >= 4 is 29.1 Å². The number of allylic oxidation sites excluding steroid dienone is 1. The Morgan fingerprint density at radius 2 is 1.91 bits per heavy atom. The van der Waals surface area contributed by atoms with Gasteiger partial charge in [-0.25, -0.2) is 9.79 Å². The number of methoxy groups -OCH3 is 2. The molecule has 0 saturated heterocycles. The molecule has 0 unspecified atom stereocenters. The van der Waals surface area contributed by atoms with E-state index in [0.29, 0.717) is 55.8 Å². The smallest absolute Gasteiger partial charge is 0.338 e. The van der Waals surface area contributed by atoms with E-state index in [-0.39, 0.29) is 24.5 Å². The van der Waals surface area contributed by atoms with E-state index in [1.54, 1.807) is 31.2 Å². The van der Waals surface area contributed by atoms with E-state index >= 15 is 0 Å². The van der Waals surface area contributed by atoms with Gasteiger partial charge in [-0.15, -0.1) is 0 Å². The standard InChI is InChI=1S/C32H31N3O9S/c1-5-14-42-25-9-7-6-8-22(25)29-28(31(37)43-16-15-40-3)19(2)33-32-34(29)30(36)27(45-32)18-21-11-13-26(44-21)23-17-20(35(38)39)10-12-24(23)41-4/h6-13,17-18,29H,5,14-16H2,1-4H3/b27-18+/t29-/m1/s1. The number of para-hydroxylation sites is 1. The molecular formula is C32H31N3O9S. The number of benzene rings is 2. The maximum absolute atomic E-state index is 14.1. The van der Waals surface area contributed by atoms with Gasteiger partial charge in [0.1, 0.15) is 35.7 Å². The van der Waals surface area contributed by atoms with Crippen molar-refractivity contribution in [1.29, 1.82) is 0 Å². The quantitative estimate of drug-likeness (QED) is 0.0960. The van der Waals surface area contributed by atoms with Crippen LogP contribution in [0, 0.1) is 10.1 Å². The monoisotopic (exact) mass is 633 g/mol. The lowest BCUT2D eigenvalue weighted by Crippen LogP contribution is -2.40. The molecule has 0 aliphatic carbocycles. The first-order chi connectivity index (χ1) is 21.8. The molecule has 0 amide bonds. The number of fused-ring (bicyclic) bond motifs is 1. The minimum atomic E-state index is -0.868. The Hall–Kier alpha value is -5.01. The van der Waals surface area contributed by atoms with E-state index in [0.717, 1.165) is 17.8 Å². The Kier molecular flexibility index (Phi) is 9.59. The number of aromatic nitrogens is 1. The van der Waals surface area contributed by atoms with Gasteiger partial charge in [-0.2, -0.15) is 0 Å². The third-order valence-corrected chi connectivity index (χ3v) is 7.98. The van der Waals surface area contributed by atoms with Crippen LogP contribution in [0.4, 0.5) is 5.69 Å². The number of hydrogen-bond donors (Lipinski definition) is 0. The first kappa shape index (κ1) is 31.4. The van der Waals surface area contributed by atoms with Gasteiger partial charge in [0, 0.05) is 30.9 Å². The highest BCUT2D eigenvalue weighted by atomic mass is 32.1. The Balaban J connectivity index is 1.62. The average Bonchev–Trinajstić information content (AvgIpc) is 3.63. The Labute approximate surface area is 261 Å². The third-order valence-electron chi connectivity index (χ3n) is 7.00. The Morgan fingerprint density at radius 1 is 1.11 bits per heavy atom. The summed E-state index contributed by atoms with van der Waals surface area (Å²) in [5.74, 6) is 0.982. The fourth-order valence-electron chi connectivity index (χ4n) is 4.93. The minimum absolute atomic E-state index is 0.0351. The van der Waals surface area contributed by atoms with E-state index < -0.39 is 22.5 Å². The average molecular weight is 634 g/mol. The zero-order valence-corrected chi connectivity index (χ0v) is 25.9. The third kappa shape index (κ3) is 6.44. The highest BCUT2D eigenvalue weighted by molar-refractivity contribution is 7.07. The summed E-state index contributed by atoms with van der Waals surface area (Å²) in [6.07, 6.45) is 2.34. The number of nitro benzene ring substituents is 1. The number of carbonyl (C=O) groups is 1. The number of carbonyl (C=O) groups excluding carboxylic acids is 1. The zero-order chi connectivity index (χ0) is 32.1. The predicted octanol–water partition coefficient (Wildman–Crippen LogP) is 4.39. The van der Waals surface area contributed by atoms with E-state index in [4.69, 9.17) is 23.4 Å². The number of hydrogen-bond acceptors (Lipinski definition) is 11. The summed E-state index contributed by atoms with van der Waals surface area (Å²) in [7, 11) is 2.97. The van der Waals surface area contributed by atoms with Crippen LogP contribution in [0.5, 0.6) is 11.5 Å². The van der Waals surface area contributed by atoms with Crippen molar-refractivity contribution in [3.63, 3.8) is 0 Å². The number of ether oxygens (including phenoxy) is 4. The van der Waals surface area contributed by atoms with Crippen molar-refractivity contribution in [3.8, 4) is 22.8 Å². The number of rotatable bonds is 12. The number of thiazole rings is 1. The second kappa shape index (κ2) is 13.7. The molecule has 3 heterocycles. The van der Waals surface area contributed by atoms with Crippen molar-refractivity contribution in [1.82, 2.24) is 4.57 Å². The van der Waals surface area contributed by atoms with Crippen LogP contribution in [0.25, 0.3) is 17.4 Å². The molecule has 13 heteroatoms. The van der Waals surface area contributed by atoms with Gasteiger partial charge in [-0.1, -0.05) is 36.5 Å². The molecule has 1 atom stereocenters. The summed E-state index contributed by atoms with van der Waals surface area (Å²) < 4.78 is 29.7. The number of non-ortho nitro benzene ring substituents is 1. The first-order valence-electron chi connectivity index (χ1n) is 14.1. The van der Waals surface area contributed by atoms with Crippen LogP contribution in [-0.4, -0.2) is 49.5 Å². The molecule has 1 aliphatic rings. The minimum Gasteiger partial charge on any atom is -0.496 e. The van der Waals surface area contributed by atoms with E-state index in [1.165, 1.54) is 37.0 Å². The Bertz CT molecular complexity index is 1950. The number of nitrogens with zero attached hydrogens (tertiary/aromatic N) is 3. The second-order valence-electron chi connectivity index (χ2n) is 9.94. The van der Waals surface area contributed by atoms with Gasteiger partial charge in [0.05, 0.1) is 46.6 Å². The molecule has 0 radical (unpaired) electrons. The molecule has 2 aromatic carbocycles. The van der Waals surface area contributed by atoms with Gasteiger partial charge >= 0.3 is 5.97 Å². The van der Waals surface area contributed by atoms with Crippen LogP contribution in [0.3, 0.4) is 0 Å². The topological polar surface area (TPSA) is 145 Å². The molecule has 0 saturated carbocycles. The molecule has 2 aromatic heterocycles. The number of nitro groups is 1. The highest BCUT2D eigenvalue weighted by Gasteiger charge is 2.35. The SMILES string of the molecule is CCCOc1ccccc1[C@@H]1C(C(=O)OCCOC)=C(C)N=c2s/c(=C/c3ccc(-c4cc([N+](=O)[O-])ccc4OC)o3)c(=O)n21. The molecule has 45 heavy (non-hydrogen) atoms. The van der Waals surface area contributed by atoms with E-state index in [2.05, 4.69) is 4.99 Å². The fourth-order valence-corrected chi connectivity index (χ4v) is 5.96. The Morgan fingerprint density at radius 3 is 2.64 bits per heavy atom. The summed E-state index contributed by atoms with van der Waals surface area (Å²) in [4.78, 5) is 43.4. The van der Waals surface area contributed by atoms with Gasteiger partial charge in [0.2, 0.25) is 0 Å². The molecule has 0 spiro atoms. The largest absolute Gasteiger partial charge is 0.496 e. The zero-order valence-electron chi connectivity index (χ0n) is 25.1. The number of furan rings is 1. The van der Waals surface area contributed by atoms with Gasteiger partial charge in [0.15, 0.2) is 4.80 Å². The molecule has 234 valence electrons. The van der Waals surface area contributed by atoms with Crippen molar-refractivity contribution in [2.75, 3.05) is 34.0 Å². The van der Waals surface area contributed by atoms with Crippen molar-refractivity contribution in [2.24, 2.45) is 4.99 Å². The van der Waals surface area contributed by atoms with Gasteiger partial charge < -0.3 is 23.4 Å². The molecule has 0 fully saturated rings. The molecule has 1 aliphatic heterocycles. The summed E-state index contributed by atoms with van der Waals surface area (Å²) in [6, 6.07) is 13.9. The lowest BCUT2D eigenvalue weighted by molar-refractivity contribution is -0.384. The molecule has 0 bridgehead atoms. The lowest BCUT2D eigenvalue weighted by atomic mass is 9.95. The number of esters is 1. The molecule has 0 N–H and O–H groups in total. The van der Waals surface area contributed by atoms with Gasteiger partial charge in [0.25, 0.3) is 11.2 Å². The highest BCUT2D eigenvalue weighted by Crippen LogP contribution is 2.37. The lowest BCUT2D eigenvalue weighted by Gasteiger charge is -2.26. The molecule has 12 nitrogen and oxygen atoms in total. The first-order valence-corrected chi connectivity index (χ1v) is 14.9. The molecule has 4 aromatic rings. The van der Waals surface area contributed by atoms with Gasteiger partial charge in [-0.05, 0) is 37.6 Å². The van der Waals surface area contributed by atoms with Crippen LogP contribution >= 0.6 is 11.3 Å². The normalized spacial score (nSPS) is 14.6. The van der Waals surface area contributed by atoms with Gasteiger partial charge in [-0.3, -0.25) is 19.5 Å². The summed E-state index contributed by atoms with van der Waals surface area (Å²) in [5, 5.41) is 11.4.